The molecule has 0 saturated heterocycles. The first kappa shape index (κ1) is 29.8. The van der Waals surface area contributed by atoms with Gasteiger partial charge in [-0.15, -0.1) is 0 Å². The lowest BCUT2D eigenvalue weighted by molar-refractivity contribution is -0.202. The van der Waals surface area contributed by atoms with Crippen LogP contribution in [0.15, 0.2) is 42.0 Å². The van der Waals surface area contributed by atoms with Gasteiger partial charge in [0.1, 0.15) is 12.9 Å². The van der Waals surface area contributed by atoms with E-state index in [0.29, 0.717) is 12.8 Å². The quantitative estimate of drug-likeness (QED) is 0.303. The van der Waals surface area contributed by atoms with Crippen LogP contribution < -0.4 is 0 Å². The van der Waals surface area contributed by atoms with Gasteiger partial charge < -0.3 is 14.6 Å². The van der Waals surface area contributed by atoms with Crippen LogP contribution >= 0.6 is 0 Å². The minimum absolute atomic E-state index is 0.0157. The predicted octanol–water partition coefficient (Wildman–Crippen LogP) is 7.25. The van der Waals surface area contributed by atoms with Crippen molar-refractivity contribution in [3.8, 4) is 0 Å². The lowest BCUT2D eigenvalue weighted by Gasteiger charge is -2.70. The number of benzene rings is 1. The third-order valence-corrected chi connectivity index (χ3v) is 14.2. The molecule has 5 heteroatoms. The van der Waals surface area contributed by atoms with E-state index in [1.807, 2.05) is 43.3 Å². The van der Waals surface area contributed by atoms with E-state index in [1.54, 1.807) is 0 Å². The molecule has 0 aromatic heterocycles. The molecule has 0 unspecified atom stereocenters. The van der Waals surface area contributed by atoms with Crippen molar-refractivity contribution in [3.05, 3.63) is 47.5 Å². The second-order valence-electron chi connectivity index (χ2n) is 16.4. The Morgan fingerprint density at radius 2 is 1.64 bits per heavy atom. The molecule has 1 N–H and O–H groups in total. The Morgan fingerprint density at radius 3 is 2.33 bits per heavy atom. The van der Waals surface area contributed by atoms with Crippen LogP contribution in [0.2, 0.25) is 0 Å². The van der Waals surface area contributed by atoms with Crippen LogP contribution in [0, 0.1) is 50.2 Å². The summed E-state index contributed by atoms with van der Waals surface area (Å²) < 4.78 is 5.91. The van der Waals surface area contributed by atoms with Crippen molar-refractivity contribution in [2.75, 3.05) is 0 Å². The van der Waals surface area contributed by atoms with E-state index in [4.69, 9.17) is 4.74 Å². The maximum atomic E-state index is 14.5. The Bertz CT molecular complexity index is 1320. The number of aliphatic hydroxyl groups excluding tert-OH is 1. The number of rotatable bonds is 4. The van der Waals surface area contributed by atoms with Gasteiger partial charge in [-0.1, -0.05) is 70.5 Å². The number of aldehydes is 1. The molecule has 4 fully saturated rings. The third-order valence-electron chi connectivity index (χ3n) is 14.2. The van der Waals surface area contributed by atoms with Crippen LogP contribution in [0.1, 0.15) is 105 Å². The van der Waals surface area contributed by atoms with Gasteiger partial charge in [-0.05, 0) is 110 Å². The van der Waals surface area contributed by atoms with E-state index in [0.717, 1.165) is 56.8 Å². The Morgan fingerprint density at radius 1 is 0.952 bits per heavy atom. The molecular weight excluding hydrogens is 524 g/mol. The highest BCUT2D eigenvalue weighted by atomic mass is 16.5. The molecular formula is C37H50O5. The highest BCUT2D eigenvalue weighted by molar-refractivity contribution is 5.96. The average Bonchev–Trinajstić information content (AvgIpc) is 2.96. The van der Waals surface area contributed by atoms with E-state index in [-0.39, 0.29) is 57.8 Å². The number of carbonyl (C=O) groups excluding carboxylic acids is 3. The van der Waals surface area contributed by atoms with Crippen LogP contribution in [0.3, 0.4) is 0 Å². The van der Waals surface area contributed by atoms with Gasteiger partial charge >= 0.3 is 5.97 Å². The molecule has 5 nitrogen and oxygen atoms in total. The second kappa shape index (κ2) is 9.61. The highest BCUT2D eigenvalue weighted by Crippen LogP contribution is 2.75. The predicted molar refractivity (Wildman–Crippen MR) is 162 cm³/mol. The summed E-state index contributed by atoms with van der Waals surface area (Å²) in [4.78, 5) is 40.6. The fourth-order valence-electron chi connectivity index (χ4n) is 11.2. The van der Waals surface area contributed by atoms with Gasteiger partial charge in [-0.2, -0.15) is 0 Å². The normalized spacial score (nSPS) is 48.1. The van der Waals surface area contributed by atoms with Crippen molar-refractivity contribution < 1.29 is 24.2 Å². The first-order valence-corrected chi connectivity index (χ1v) is 16.3. The Labute approximate surface area is 251 Å². The van der Waals surface area contributed by atoms with Crippen LogP contribution in [0.4, 0.5) is 0 Å². The van der Waals surface area contributed by atoms with Crippen molar-refractivity contribution in [2.45, 2.75) is 112 Å². The molecule has 10 atom stereocenters. The SMILES string of the molecule is C[C@]1(C(=O)OCc2ccccc2)CC[C@]2(C)CC[C@]3(C)C(=CC(=O)[C@@H]4[C@@]5(C)CC[C@H](O)[C@@](C)(C=O)[C@@H]5CC[C@]43C)[C@@H]2C1. The largest absolute Gasteiger partial charge is 0.460 e. The lowest BCUT2D eigenvalue weighted by atomic mass is 9.33. The molecule has 4 saturated carbocycles. The van der Waals surface area contributed by atoms with Crippen molar-refractivity contribution >= 4 is 18.0 Å². The van der Waals surface area contributed by atoms with Crippen LogP contribution in [-0.2, 0) is 25.7 Å². The van der Waals surface area contributed by atoms with Gasteiger partial charge in [-0.25, -0.2) is 0 Å². The Kier molecular flexibility index (Phi) is 6.82. The van der Waals surface area contributed by atoms with Gasteiger partial charge in [0.15, 0.2) is 5.78 Å². The van der Waals surface area contributed by atoms with Crippen molar-refractivity contribution in [1.29, 1.82) is 0 Å². The molecule has 0 radical (unpaired) electrons. The molecule has 1 aromatic carbocycles. The molecule has 0 spiro atoms. The summed E-state index contributed by atoms with van der Waals surface area (Å²) in [5.41, 5.74) is 0.150. The molecule has 0 aliphatic heterocycles. The minimum Gasteiger partial charge on any atom is -0.460 e. The standard InChI is InChI=1S/C37H50O5/c1-32-16-17-33(2,31(41)42-22-24-10-8-7-9-11-24)21-26(32)25-20-27(39)30-34(3)14-13-29(40)35(4,23-38)28(34)12-15-37(30,6)36(25,5)19-18-32/h7-11,20,23,26,28-30,40H,12-19,21-22H2,1-6H3/t26-,28+,29-,30+,32+,33-,34-,35-,36+,37+/m0/s1. The molecule has 1 aromatic rings. The molecule has 228 valence electrons. The summed E-state index contributed by atoms with van der Waals surface area (Å²) in [7, 11) is 0. The fraction of sp³-hybridized carbons (Fsp3) is 0.703. The molecule has 0 heterocycles. The summed E-state index contributed by atoms with van der Waals surface area (Å²) >= 11 is 0. The van der Waals surface area contributed by atoms with Crippen LogP contribution in [0.5, 0.6) is 0 Å². The van der Waals surface area contributed by atoms with Crippen molar-refractivity contribution in [3.63, 3.8) is 0 Å². The third kappa shape index (κ3) is 3.94. The first-order valence-electron chi connectivity index (χ1n) is 16.3. The zero-order chi connectivity index (χ0) is 30.3. The minimum atomic E-state index is -0.823. The molecule has 0 amide bonds. The van der Waals surface area contributed by atoms with Crippen LogP contribution in [0.25, 0.3) is 0 Å². The topological polar surface area (TPSA) is 80.7 Å². The van der Waals surface area contributed by atoms with Gasteiger partial charge in [0.25, 0.3) is 0 Å². The van der Waals surface area contributed by atoms with Gasteiger partial charge in [0.2, 0.25) is 0 Å². The number of allylic oxidation sites excluding steroid dienone is 2. The number of ether oxygens (including phenoxy) is 1. The molecule has 5 aliphatic rings. The van der Waals surface area contributed by atoms with Crippen molar-refractivity contribution in [1.82, 2.24) is 0 Å². The Balaban J connectivity index is 1.34. The smallest absolute Gasteiger partial charge is 0.312 e. The molecule has 0 bridgehead atoms. The summed E-state index contributed by atoms with van der Waals surface area (Å²) in [6.07, 6.45) is 9.94. The number of carbonyl (C=O) groups is 3. The number of esters is 1. The summed E-state index contributed by atoms with van der Waals surface area (Å²) in [5, 5.41) is 10.9. The van der Waals surface area contributed by atoms with E-state index < -0.39 is 16.9 Å². The lowest BCUT2D eigenvalue weighted by Crippen LogP contribution is -2.67. The summed E-state index contributed by atoms with van der Waals surface area (Å²) in [6.45, 7) is 13.6. The second-order valence-corrected chi connectivity index (χ2v) is 16.4. The zero-order valence-corrected chi connectivity index (χ0v) is 26.5. The Hall–Kier alpha value is -2.27. The summed E-state index contributed by atoms with van der Waals surface area (Å²) in [5.74, 6) is 0.0249. The van der Waals surface area contributed by atoms with E-state index in [9.17, 15) is 19.5 Å². The fourth-order valence-corrected chi connectivity index (χ4v) is 11.2. The van der Waals surface area contributed by atoms with Crippen LogP contribution in [-0.4, -0.2) is 29.2 Å². The van der Waals surface area contributed by atoms with E-state index >= 15 is 0 Å². The first-order chi connectivity index (χ1) is 19.7. The summed E-state index contributed by atoms with van der Waals surface area (Å²) in [6, 6.07) is 9.85. The van der Waals surface area contributed by atoms with Crippen molar-refractivity contribution in [2.24, 2.45) is 50.2 Å². The molecule has 5 aliphatic carbocycles. The monoisotopic (exact) mass is 574 g/mol. The number of ketones is 1. The maximum absolute atomic E-state index is 14.5. The van der Waals surface area contributed by atoms with Gasteiger partial charge in [-0.3, -0.25) is 9.59 Å². The number of hydrogen-bond acceptors (Lipinski definition) is 5. The van der Waals surface area contributed by atoms with Gasteiger partial charge in [0.05, 0.1) is 16.9 Å². The highest BCUT2D eigenvalue weighted by Gasteiger charge is 2.70. The number of fused-ring (bicyclic) bond motifs is 7. The molecule has 6 rings (SSSR count). The van der Waals surface area contributed by atoms with E-state index in [2.05, 4.69) is 34.6 Å². The average molecular weight is 575 g/mol. The number of aliphatic hydroxyl groups is 1. The number of hydrogen-bond donors (Lipinski definition) is 1. The molecule has 42 heavy (non-hydrogen) atoms. The van der Waals surface area contributed by atoms with Gasteiger partial charge in [0, 0.05) is 5.92 Å². The van der Waals surface area contributed by atoms with E-state index in [1.165, 1.54) is 5.57 Å². The zero-order valence-electron chi connectivity index (χ0n) is 26.5. The maximum Gasteiger partial charge on any atom is 0.312 e.